The minimum Gasteiger partial charge on any atom is -0.744 e. The van der Waals surface area contributed by atoms with Crippen LogP contribution in [0, 0.1) is 0 Å². The Labute approximate surface area is 294 Å². The first kappa shape index (κ1) is 35.3. The van der Waals surface area contributed by atoms with Gasteiger partial charge in [0.25, 0.3) is 0 Å². The van der Waals surface area contributed by atoms with E-state index in [1.165, 1.54) is 42.5 Å². The topological polar surface area (TPSA) is 256 Å². The molecule has 0 spiro atoms. The molecule has 5 aromatic carbocycles. The molecule has 0 saturated carbocycles. The van der Waals surface area contributed by atoms with E-state index in [1.807, 2.05) is 0 Å². The fourth-order valence-corrected chi connectivity index (χ4v) is 5.24. The standard InChI is InChI=1S/C26H20N6O8S2.2Na/c27-15-3-6-22(21(28)9-15)31-29-17-5-2-14-8-24(42(38,39)40)25(26(34)20(14)11-17)32-30-16-4-1-13-7-18(41(35,36)37)12-23(33)19(13)10-16;;/h1-12,33-34H,27-28H2,(H,35,36,37)(H,38,39,40);;/q;2*+1/p-2. The molecule has 0 atom stereocenters. The smallest absolute Gasteiger partial charge is 0.744 e. The molecule has 5 rings (SSSR count). The summed E-state index contributed by atoms with van der Waals surface area (Å²) in [4.78, 5) is -1.47. The summed E-state index contributed by atoms with van der Waals surface area (Å²) in [5.41, 5.74) is 12.3. The molecule has 0 aliphatic rings. The molecule has 5 aromatic rings. The summed E-state index contributed by atoms with van der Waals surface area (Å²) in [7, 11) is -9.96. The summed E-state index contributed by atoms with van der Waals surface area (Å²) < 4.78 is 70.1. The average Bonchev–Trinajstić information content (AvgIpc) is 2.91. The van der Waals surface area contributed by atoms with Crippen LogP contribution in [0.15, 0.2) is 103 Å². The number of aromatic hydroxyl groups is 2. The van der Waals surface area contributed by atoms with Crippen LogP contribution in [0.5, 0.6) is 11.5 Å². The number of nitrogens with two attached hydrogens (primary N) is 2. The molecule has 0 unspecified atom stereocenters. The second-order valence-electron chi connectivity index (χ2n) is 8.95. The Hall–Kier alpha value is -3.16. The Morgan fingerprint density at radius 2 is 1.23 bits per heavy atom. The Morgan fingerprint density at radius 3 is 1.82 bits per heavy atom. The third kappa shape index (κ3) is 7.55. The van der Waals surface area contributed by atoms with Crippen LogP contribution in [-0.2, 0) is 20.2 Å². The van der Waals surface area contributed by atoms with Crippen LogP contribution in [0.4, 0.5) is 34.1 Å². The predicted octanol–water partition coefficient (Wildman–Crippen LogP) is -0.784. The van der Waals surface area contributed by atoms with E-state index in [9.17, 15) is 36.2 Å². The molecule has 0 saturated heterocycles. The quantitative estimate of drug-likeness (QED) is 0.0769. The zero-order valence-electron chi connectivity index (χ0n) is 23.0. The minimum absolute atomic E-state index is 0. The normalized spacial score (nSPS) is 12.0. The van der Waals surface area contributed by atoms with E-state index in [0.717, 1.165) is 18.2 Å². The van der Waals surface area contributed by atoms with Crippen molar-refractivity contribution < 1.29 is 95.3 Å². The molecule has 0 aromatic heterocycles. The Morgan fingerprint density at radius 1 is 0.636 bits per heavy atom. The fraction of sp³-hybridized carbons (Fsp3) is 0. The van der Waals surface area contributed by atoms with E-state index in [0.29, 0.717) is 11.4 Å². The molecule has 44 heavy (non-hydrogen) atoms. The molecular weight excluding hydrogens is 634 g/mol. The molecule has 14 nitrogen and oxygen atoms in total. The SMILES string of the molecule is Nc1ccc(N=Nc2ccc3cc(S(=O)(=O)[O-])c(N=Nc4ccc5cc(S(=O)(=O)[O-])cc(O)c5c4)c(O)c3c2)c(N)c1.[Na+].[Na+]. The molecule has 0 radical (unpaired) electrons. The number of anilines is 2. The summed E-state index contributed by atoms with van der Waals surface area (Å²) in [5.74, 6) is -1.21. The second-order valence-corrected chi connectivity index (χ2v) is 11.7. The molecule has 214 valence electrons. The molecule has 0 aliphatic carbocycles. The van der Waals surface area contributed by atoms with Crippen molar-refractivity contribution in [3.8, 4) is 11.5 Å². The molecule has 0 bridgehead atoms. The first-order valence-electron chi connectivity index (χ1n) is 11.7. The third-order valence-electron chi connectivity index (χ3n) is 6.07. The Kier molecular flexibility index (Phi) is 10.8. The van der Waals surface area contributed by atoms with Crippen LogP contribution in [0.1, 0.15) is 0 Å². The molecule has 6 N–H and O–H groups in total. The van der Waals surface area contributed by atoms with E-state index >= 15 is 0 Å². The fourth-order valence-electron chi connectivity index (χ4n) is 4.07. The van der Waals surface area contributed by atoms with Crippen LogP contribution in [0.3, 0.4) is 0 Å². The monoisotopic (exact) mass is 652 g/mol. The molecule has 0 amide bonds. The van der Waals surface area contributed by atoms with Crippen molar-refractivity contribution >= 4 is 75.9 Å². The van der Waals surface area contributed by atoms with Gasteiger partial charge in [-0.15, -0.1) is 10.2 Å². The van der Waals surface area contributed by atoms with Crippen molar-refractivity contribution in [1.29, 1.82) is 0 Å². The van der Waals surface area contributed by atoms with Gasteiger partial charge in [0.15, 0.2) is 5.75 Å². The number of phenolic OH excluding ortho intramolecular Hbond substituents is 2. The van der Waals surface area contributed by atoms with E-state index in [2.05, 4.69) is 20.5 Å². The van der Waals surface area contributed by atoms with Crippen molar-refractivity contribution in [2.45, 2.75) is 9.79 Å². The summed E-state index contributed by atoms with van der Waals surface area (Å²) in [5, 5.41) is 37.7. The molecule has 0 aliphatic heterocycles. The number of nitrogen functional groups attached to an aromatic ring is 2. The van der Waals surface area contributed by atoms with Gasteiger partial charge in [0, 0.05) is 16.5 Å². The van der Waals surface area contributed by atoms with E-state index in [-0.39, 0.29) is 97.7 Å². The van der Waals surface area contributed by atoms with Gasteiger partial charge in [0.2, 0.25) is 0 Å². The zero-order chi connectivity index (χ0) is 30.4. The summed E-state index contributed by atoms with van der Waals surface area (Å²) in [6.45, 7) is 0. The average molecular weight is 653 g/mol. The molecule has 18 heteroatoms. The minimum atomic E-state index is -5.13. The number of hydrogen-bond acceptors (Lipinski definition) is 14. The van der Waals surface area contributed by atoms with Gasteiger partial charge in [-0.25, -0.2) is 16.8 Å². The summed E-state index contributed by atoms with van der Waals surface area (Å²) in [6, 6.07) is 15.8. The van der Waals surface area contributed by atoms with Gasteiger partial charge < -0.3 is 30.8 Å². The largest absolute Gasteiger partial charge is 1.00 e. The van der Waals surface area contributed by atoms with Gasteiger partial charge in [-0.2, -0.15) is 10.2 Å². The van der Waals surface area contributed by atoms with Gasteiger partial charge in [-0.05, 0) is 71.4 Å². The van der Waals surface area contributed by atoms with Crippen LogP contribution < -0.4 is 70.6 Å². The van der Waals surface area contributed by atoms with Gasteiger partial charge in [0.1, 0.15) is 37.4 Å². The number of benzene rings is 5. The summed E-state index contributed by atoms with van der Waals surface area (Å²) in [6.07, 6.45) is 0. The van der Waals surface area contributed by atoms with Crippen LogP contribution in [-0.4, -0.2) is 36.2 Å². The third-order valence-corrected chi connectivity index (χ3v) is 7.74. The second kappa shape index (κ2) is 13.5. The number of hydrogen-bond donors (Lipinski definition) is 4. The van der Waals surface area contributed by atoms with Crippen molar-refractivity contribution in [3.05, 3.63) is 72.8 Å². The number of fused-ring (bicyclic) bond motifs is 2. The molecule has 0 fully saturated rings. The van der Waals surface area contributed by atoms with Crippen LogP contribution in [0.2, 0.25) is 0 Å². The number of rotatable bonds is 6. The van der Waals surface area contributed by atoms with Gasteiger partial charge in [-0.1, -0.05) is 12.1 Å². The van der Waals surface area contributed by atoms with Crippen molar-refractivity contribution in [3.63, 3.8) is 0 Å². The maximum absolute atomic E-state index is 12.0. The van der Waals surface area contributed by atoms with Crippen molar-refractivity contribution in [2.24, 2.45) is 20.5 Å². The maximum Gasteiger partial charge on any atom is 1.00 e. The van der Waals surface area contributed by atoms with E-state index in [1.54, 1.807) is 12.1 Å². The van der Waals surface area contributed by atoms with Gasteiger partial charge >= 0.3 is 59.1 Å². The first-order valence-corrected chi connectivity index (χ1v) is 14.5. The van der Waals surface area contributed by atoms with Crippen LogP contribution in [0.25, 0.3) is 21.5 Å². The van der Waals surface area contributed by atoms with Crippen LogP contribution >= 0.6 is 0 Å². The number of phenols is 2. The molecule has 0 heterocycles. The van der Waals surface area contributed by atoms with E-state index in [4.69, 9.17) is 11.5 Å². The maximum atomic E-state index is 12.0. The number of nitrogens with zero attached hydrogens (tertiary/aromatic N) is 4. The van der Waals surface area contributed by atoms with Crippen molar-refractivity contribution in [1.82, 2.24) is 0 Å². The van der Waals surface area contributed by atoms with Gasteiger partial charge in [-0.3, -0.25) is 0 Å². The summed E-state index contributed by atoms with van der Waals surface area (Å²) >= 11 is 0. The number of azo groups is 2. The Balaban J connectivity index is 0.00000264. The Bertz CT molecular complexity index is 2210. The molecular formula is C26H18N6Na2O8S2. The van der Waals surface area contributed by atoms with E-state index < -0.39 is 47.2 Å². The predicted molar refractivity (Wildman–Crippen MR) is 151 cm³/mol. The first-order chi connectivity index (χ1) is 19.7. The van der Waals surface area contributed by atoms with Gasteiger partial charge in [0.05, 0.1) is 26.9 Å². The zero-order valence-corrected chi connectivity index (χ0v) is 28.7. The van der Waals surface area contributed by atoms with Crippen molar-refractivity contribution in [2.75, 3.05) is 11.5 Å².